The van der Waals surface area contributed by atoms with E-state index >= 15 is 0 Å². The minimum atomic E-state index is -0.869. The van der Waals surface area contributed by atoms with Gasteiger partial charge in [-0.2, -0.15) is 5.26 Å². The fraction of sp³-hybridized carbons (Fsp3) is 0.160. The van der Waals surface area contributed by atoms with Gasteiger partial charge in [-0.1, -0.05) is 72.8 Å². The van der Waals surface area contributed by atoms with Gasteiger partial charge in [-0.05, 0) is 28.8 Å². The van der Waals surface area contributed by atoms with Gasteiger partial charge in [0.2, 0.25) is 5.91 Å². The van der Waals surface area contributed by atoms with E-state index < -0.39 is 17.9 Å². The van der Waals surface area contributed by atoms with Crippen LogP contribution in [0.15, 0.2) is 84.9 Å². The van der Waals surface area contributed by atoms with Crippen LogP contribution in [0.3, 0.4) is 0 Å². The molecule has 0 radical (unpaired) electrons. The van der Waals surface area contributed by atoms with Crippen LogP contribution in [0.2, 0.25) is 0 Å². The fourth-order valence-corrected chi connectivity index (χ4v) is 3.38. The van der Waals surface area contributed by atoms with E-state index in [2.05, 4.69) is 11.4 Å². The Kier molecular flexibility index (Phi) is 6.96. The van der Waals surface area contributed by atoms with Crippen molar-refractivity contribution in [1.82, 2.24) is 5.32 Å². The van der Waals surface area contributed by atoms with Crippen LogP contribution in [0.25, 0.3) is 0 Å². The monoisotopic (exact) mass is 398 g/mol. The van der Waals surface area contributed by atoms with Crippen molar-refractivity contribution in [2.75, 3.05) is 7.11 Å². The molecule has 0 saturated heterocycles. The molecule has 0 aromatic heterocycles. The lowest BCUT2D eigenvalue weighted by Gasteiger charge is -2.22. The van der Waals surface area contributed by atoms with Crippen molar-refractivity contribution < 1.29 is 14.3 Å². The largest absolute Gasteiger partial charge is 0.467 e. The number of nitrogens with one attached hydrogen (secondary N) is 1. The van der Waals surface area contributed by atoms with Crippen molar-refractivity contribution in [2.24, 2.45) is 0 Å². The number of carbonyl (C=O) groups excluding carboxylic acids is 2. The summed E-state index contributed by atoms with van der Waals surface area (Å²) in [7, 11) is 1.29. The minimum absolute atomic E-state index is 0.226. The van der Waals surface area contributed by atoms with E-state index in [1.165, 1.54) is 7.11 Å². The quantitative estimate of drug-likeness (QED) is 0.617. The summed E-state index contributed by atoms with van der Waals surface area (Å²) in [6.07, 6.45) is 0.226. The number of ether oxygens (including phenoxy) is 1. The number of nitriles is 1. The van der Waals surface area contributed by atoms with Crippen molar-refractivity contribution in [3.8, 4) is 6.07 Å². The van der Waals surface area contributed by atoms with E-state index in [1.54, 1.807) is 18.2 Å². The fourth-order valence-electron chi connectivity index (χ4n) is 3.38. The Hall–Kier alpha value is -3.91. The average Bonchev–Trinajstić information content (AvgIpc) is 2.80. The lowest BCUT2D eigenvalue weighted by Crippen LogP contribution is -2.45. The molecule has 5 heteroatoms. The van der Waals surface area contributed by atoms with Crippen molar-refractivity contribution in [3.05, 3.63) is 107 Å². The number of nitrogens with zero attached hydrogens (tertiary/aromatic N) is 1. The molecule has 150 valence electrons. The summed E-state index contributed by atoms with van der Waals surface area (Å²) in [4.78, 5) is 25.7. The third kappa shape index (κ3) is 5.12. The van der Waals surface area contributed by atoms with E-state index in [1.807, 2.05) is 66.7 Å². The Balaban J connectivity index is 1.88. The first-order chi connectivity index (χ1) is 14.6. The third-order valence-corrected chi connectivity index (χ3v) is 4.83. The first-order valence-electron chi connectivity index (χ1n) is 9.59. The molecule has 0 aliphatic rings. The number of hydrogen-bond acceptors (Lipinski definition) is 4. The molecule has 1 N–H and O–H groups in total. The molecule has 0 aliphatic carbocycles. The first kappa shape index (κ1) is 20.8. The number of carbonyl (C=O) groups is 2. The standard InChI is InChI=1S/C25H22N2O3/c1-30-25(29)22(16-18-9-8-10-19(15-18)17-26)27-24(28)23(20-11-4-2-5-12-20)21-13-6-3-7-14-21/h2-15,22-23H,16H2,1H3,(H,27,28)/t22-/m0/s1. The van der Waals surface area contributed by atoms with E-state index in [4.69, 9.17) is 10.00 Å². The smallest absolute Gasteiger partial charge is 0.328 e. The summed E-state index contributed by atoms with van der Waals surface area (Å²) in [6, 6.07) is 27.0. The molecule has 30 heavy (non-hydrogen) atoms. The SMILES string of the molecule is COC(=O)[C@H](Cc1cccc(C#N)c1)NC(=O)C(c1ccccc1)c1ccccc1. The highest BCUT2D eigenvalue weighted by molar-refractivity contribution is 5.91. The van der Waals surface area contributed by atoms with E-state index in [0.29, 0.717) is 5.56 Å². The molecule has 0 unspecified atom stereocenters. The summed E-state index contributed by atoms with van der Waals surface area (Å²) in [5.74, 6) is -1.39. The third-order valence-electron chi connectivity index (χ3n) is 4.83. The maximum absolute atomic E-state index is 13.3. The van der Waals surface area contributed by atoms with Crippen molar-refractivity contribution in [3.63, 3.8) is 0 Å². The summed E-state index contributed by atoms with van der Waals surface area (Å²) in [5, 5.41) is 12.0. The molecule has 5 nitrogen and oxygen atoms in total. The molecule has 1 atom stereocenters. The van der Waals surface area contributed by atoms with Gasteiger partial charge in [-0.3, -0.25) is 4.79 Å². The Labute approximate surface area is 175 Å². The Morgan fingerprint density at radius 1 is 0.933 bits per heavy atom. The summed E-state index contributed by atoms with van der Waals surface area (Å²) in [6.45, 7) is 0. The van der Waals surface area contributed by atoms with Crippen LogP contribution in [0.4, 0.5) is 0 Å². The lowest BCUT2D eigenvalue weighted by molar-refractivity contribution is -0.145. The van der Waals surface area contributed by atoms with Gasteiger partial charge in [0, 0.05) is 6.42 Å². The molecule has 1 amide bonds. The molecule has 0 aliphatic heterocycles. The molecule has 0 bridgehead atoms. The lowest BCUT2D eigenvalue weighted by atomic mass is 9.90. The summed E-state index contributed by atoms with van der Waals surface area (Å²) in [5.41, 5.74) is 2.92. The summed E-state index contributed by atoms with van der Waals surface area (Å²) >= 11 is 0. The van der Waals surface area contributed by atoms with Gasteiger partial charge in [-0.15, -0.1) is 0 Å². The van der Waals surface area contributed by atoms with Crippen LogP contribution in [-0.2, 0) is 20.7 Å². The van der Waals surface area contributed by atoms with Crippen LogP contribution in [0.5, 0.6) is 0 Å². The van der Waals surface area contributed by atoms with Crippen LogP contribution < -0.4 is 5.32 Å². The molecule has 3 rings (SSSR count). The molecule has 0 spiro atoms. The van der Waals surface area contributed by atoms with E-state index in [-0.39, 0.29) is 12.3 Å². The second-order valence-corrected chi connectivity index (χ2v) is 6.86. The number of esters is 1. The zero-order chi connectivity index (χ0) is 21.3. The molecule has 0 fully saturated rings. The minimum Gasteiger partial charge on any atom is -0.467 e. The molecular weight excluding hydrogens is 376 g/mol. The first-order valence-corrected chi connectivity index (χ1v) is 9.59. The van der Waals surface area contributed by atoms with Gasteiger partial charge < -0.3 is 10.1 Å². The second-order valence-electron chi connectivity index (χ2n) is 6.86. The van der Waals surface area contributed by atoms with Crippen LogP contribution in [-0.4, -0.2) is 25.0 Å². The van der Waals surface area contributed by atoms with Crippen LogP contribution in [0, 0.1) is 11.3 Å². The van der Waals surface area contributed by atoms with Gasteiger partial charge in [0.25, 0.3) is 0 Å². The van der Waals surface area contributed by atoms with E-state index in [9.17, 15) is 9.59 Å². The van der Waals surface area contributed by atoms with Gasteiger partial charge in [0.05, 0.1) is 24.7 Å². The van der Waals surface area contributed by atoms with Crippen molar-refractivity contribution in [2.45, 2.75) is 18.4 Å². The van der Waals surface area contributed by atoms with Gasteiger partial charge in [0.15, 0.2) is 0 Å². The predicted molar refractivity (Wildman–Crippen MR) is 114 cm³/mol. The molecule has 0 heterocycles. The molecular formula is C25H22N2O3. The molecule has 3 aromatic rings. The highest BCUT2D eigenvalue weighted by Gasteiger charge is 2.28. The predicted octanol–water partition coefficient (Wildman–Crippen LogP) is 3.59. The zero-order valence-corrected chi connectivity index (χ0v) is 16.6. The number of rotatable bonds is 7. The highest BCUT2D eigenvalue weighted by Crippen LogP contribution is 2.25. The maximum atomic E-state index is 13.3. The highest BCUT2D eigenvalue weighted by atomic mass is 16.5. The van der Waals surface area contributed by atoms with Crippen LogP contribution in [0.1, 0.15) is 28.2 Å². The van der Waals surface area contributed by atoms with Crippen molar-refractivity contribution >= 4 is 11.9 Å². The second kappa shape index (κ2) is 10.0. The van der Waals surface area contributed by atoms with Gasteiger partial charge in [0.1, 0.15) is 6.04 Å². The molecule has 0 saturated carbocycles. The summed E-state index contributed by atoms with van der Waals surface area (Å²) < 4.78 is 4.91. The molecule has 3 aromatic carbocycles. The van der Waals surface area contributed by atoms with Crippen molar-refractivity contribution in [1.29, 1.82) is 5.26 Å². The number of hydrogen-bond donors (Lipinski definition) is 1. The topological polar surface area (TPSA) is 79.2 Å². The number of methoxy groups -OCH3 is 1. The Morgan fingerprint density at radius 3 is 2.07 bits per heavy atom. The zero-order valence-electron chi connectivity index (χ0n) is 16.6. The van der Waals surface area contributed by atoms with E-state index in [0.717, 1.165) is 16.7 Å². The maximum Gasteiger partial charge on any atom is 0.328 e. The number of benzene rings is 3. The Morgan fingerprint density at radius 2 is 1.53 bits per heavy atom. The normalized spacial score (nSPS) is 11.4. The van der Waals surface area contributed by atoms with Gasteiger partial charge >= 0.3 is 5.97 Å². The number of amides is 1. The Bertz CT molecular complexity index is 1000. The average molecular weight is 398 g/mol. The van der Waals surface area contributed by atoms with Gasteiger partial charge in [-0.25, -0.2) is 4.79 Å². The van der Waals surface area contributed by atoms with Crippen LogP contribution >= 0.6 is 0 Å².